The molecule has 1 aliphatic rings. The predicted octanol–water partition coefficient (Wildman–Crippen LogP) is 1.73. The van der Waals surface area contributed by atoms with Gasteiger partial charge in [0.2, 0.25) is 0 Å². The second-order valence-corrected chi connectivity index (χ2v) is 4.50. The highest BCUT2D eigenvalue weighted by Gasteiger charge is 2.29. The standard InChI is InChI=1S/C13H12N4O2/c1-8-15-10-3-2-9(6-12(10)19-8)11-7-17(5-4-14)13(18)16-11/h2-3,6,11H,5,7H2,1H3,(H,16,18). The molecule has 1 aromatic carbocycles. The number of hydrogen-bond acceptors (Lipinski definition) is 4. The molecule has 1 unspecified atom stereocenters. The lowest BCUT2D eigenvalue weighted by Gasteiger charge is -2.10. The second-order valence-electron chi connectivity index (χ2n) is 4.50. The first kappa shape index (κ1) is 11.5. The molecule has 1 atom stereocenters. The van der Waals surface area contributed by atoms with Crippen LogP contribution in [0, 0.1) is 18.3 Å². The van der Waals surface area contributed by atoms with Crippen LogP contribution in [0.1, 0.15) is 17.5 Å². The van der Waals surface area contributed by atoms with Gasteiger partial charge < -0.3 is 14.6 Å². The summed E-state index contributed by atoms with van der Waals surface area (Å²) in [6, 6.07) is 7.34. The normalized spacial score (nSPS) is 18.6. The smallest absolute Gasteiger partial charge is 0.318 e. The molecular formula is C13H12N4O2. The maximum Gasteiger partial charge on any atom is 0.318 e. The number of nitrogens with zero attached hydrogens (tertiary/aromatic N) is 3. The van der Waals surface area contributed by atoms with Gasteiger partial charge in [0.15, 0.2) is 11.5 Å². The van der Waals surface area contributed by atoms with Crippen molar-refractivity contribution < 1.29 is 9.21 Å². The quantitative estimate of drug-likeness (QED) is 0.829. The van der Waals surface area contributed by atoms with Crippen LogP contribution in [0.3, 0.4) is 0 Å². The first-order valence-electron chi connectivity index (χ1n) is 5.97. The largest absolute Gasteiger partial charge is 0.441 e. The SMILES string of the molecule is Cc1nc2ccc(C3CN(CC#N)C(=O)N3)cc2o1. The molecule has 2 aromatic rings. The molecule has 0 aliphatic carbocycles. The van der Waals surface area contributed by atoms with Crippen molar-refractivity contribution in [2.24, 2.45) is 0 Å². The number of oxazole rings is 1. The number of nitrogens with one attached hydrogen (secondary N) is 1. The Bertz CT molecular complexity index is 685. The van der Waals surface area contributed by atoms with Crippen molar-refractivity contribution in [3.8, 4) is 6.07 Å². The van der Waals surface area contributed by atoms with Gasteiger partial charge in [-0.15, -0.1) is 0 Å². The number of carbonyl (C=O) groups is 1. The van der Waals surface area contributed by atoms with Gasteiger partial charge in [0.25, 0.3) is 0 Å². The number of urea groups is 1. The summed E-state index contributed by atoms with van der Waals surface area (Å²) in [7, 11) is 0. The van der Waals surface area contributed by atoms with E-state index in [1.807, 2.05) is 24.3 Å². The topological polar surface area (TPSA) is 82.2 Å². The lowest BCUT2D eigenvalue weighted by atomic mass is 10.1. The van der Waals surface area contributed by atoms with E-state index < -0.39 is 0 Å². The van der Waals surface area contributed by atoms with E-state index >= 15 is 0 Å². The molecule has 0 saturated carbocycles. The maximum atomic E-state index is 11.6. The third kappa shape index (κ3) is 1.99. The van der Waals surface area contributed by atoms with Crippen LogP contribution in [-0.2, 0) is 0 Å². The molecule has 0 radical (unpaired) electrons. The number of carbonyl (C=O) groups excluding carboxylic acids is 1. The average Bonchev–Trinajstić information content (AvgIpc) is 2.91. The van der Waals surface area contributed by atoms with E-state index in [9.17, 15) is 4.79 Å². The van der Waals surface area contributed by atoms with Crippen molar-refractivity contribution in [2.75, 3.05) is 13.1 Å². The Morgan fingerprint density at radius 3 is 3.26 bits per heavy atom. The van der Waals surface area contributed by atoms with Crippen LogP contribution in [0.25, 0.3) is 11.1 Å². The van der Waals surface area contributed by atoms with Crippen molar-refractivity contribution in [3.63, 3.8) is 0 Å². The minimum Gasteiger partial charge on any atom is -0.441 e. The van der Waals surface area contributed by atoms with Gasteiger partial charge in [-0.2, -0.15) is 5.26 Å². The van der Waals surface area contributed by atoms with E-state index in [1.54, 1.807) is 6.92 Å². The van der Waals surface area contributed by atoms with Crippen LogP contribution < -0.4 is 5.32 Å². The first-order chi connectivity index (χ1) is 9.17. The summed E-state index contributed by atoms with van der Waals surface area (Å²) >= 11 is 0. The zero-order valence-corrected chi connectivity index (χ0v) is 10.4. The van der Waals surface area contributed by atoms with Crippen LogP contribution in [0.4, 0.5) is 4.79 Å². The summed E-state index contributed by atoms with van der Waals surface area (Å²) < 4.78 is 5.48. The fourth-order valence-electron chi connectivity index (χ4n) is 2.27. The van der Waals surface area contributed by atoms with E-state index in [4.69, 9.17) is 9.68 Å². The fraction of sp³-hybridized carbons (Fsp3) is 0.308. The van der Waals surface area contributed by atoms with Gasteiger partial charge in [-0.1, -0.05) is 6.07 Å². The monoisotopic (exact) mass is 256 g/mol. The molecule has 2 amide bonds. The number of benzene rings is 1. The highest BCUT2D eigenvalue weighted by Crippen LogP contribution is 2.24. The zero-order chi connectivity index (χ0) is 13.4. The molecule has 6 heteroatoms. The molecule has 1 saturated heterocycles. The van der Waals surface area contributed by atoms with Crippen molar-refractivity contribution in [1.82, 2.24) is 15.2 Å². The zero-order valence-electron chi connectivity index (χ0n) is 10.4. The van der Waals surface area contributed by atoms with Crippen molar-refractivity contribution in [3.05, 3.63) is 29.7 Å². The van der Waals surface area contributed by atoms with Crippen molar-refractivity contribution in [2.45, 2.75) is 13.0 Å². The Labute approximate surface area is 109 Å². The number of nitriles is 1. The summed E-state index contributed by atoms with van der Waals surface area (Å²) in [5.74, 6) is 0.619. The molecule has 0 bridgehead atoms. The molecule has 1 aromatic heterocycles. The molecule has 2 heterocycles. The molecule has 19 heavy (non-hydrogen) atoms. The molecule has 1 fully saturated rings. The number of fused-ring (bicyclic) bond motifs is 1. The second kappa shape index (κ2) is 4.28. The predicted molar refractivity (Wildman–Crippen MR) is 67.2 cm³/mol. The fourth-order valence-corrected chi connectivity index (χ4v) is 2.27. The van der Waals surface area contributed by atoms with Gasteiger partial charge in [-0.05, 0) is 17.7 Å². The van der Waals surface area contributed by atoms with Crippen molar-refractivity contribution in [1.29, 1.82) is 5.26 Å². The van der Waals surface area contributed by atoms with Gasteiger partial charge >= 0.3 is 6.03 Å². The maximum absolute atomic E-state index is 11.6. The number of rotatable bonds is 2. The summed E-state index contributed by atoms with van der Waals surface area (Å²) in [6.07, 6.45) is 0. The summed E-state index contributed by atoms with van der Waals surface area (Å²) in [4.78, 5) is 17.4. The highest BCUT2D eigenvalue weighted by atomic mass is 16.3. The van der Waals surface area contributed by atoms with Crippen LogP contribution in [0.2, 0.25) is 0 Å². The van der Waals surface area contributed by atoms with E-state index in [0.717, 1.165) is 11.1 Å². The lowest BCUT2D eigenvalue weighted by Crippen LogP contribution is -2.28. The number of amides is 2. The number of aryl methyl sites for hydroxylation is 1. The Hall–Kier alpha value is -2.55. The summed E-state index contributed by atoms with van der Waals surface area (Å²) in [5, 5.41) is 11.5. The highest BCUT2D eigenvalue weighted by molar-refractivity contribution is 5.78. The Kier molecular flexibility index (Phi) is 2.60. The molecule has 6 nitrogen and oxygen atoms in total. The Morgan fingerprint density at radius 2 is 2.47 bits per heavy atom. The molecule has 1 N–H and O–H groups in total. The Morgan fingerprint density at radius 1 is 1.63 bits per heavy atom. The van der Waals surface area contributed by atoms with Crippen LogP contribution in [0.5, 0.6) is 0 Å². The Balaban J connectivity index is 1.89. The van der Waals surface area contributed by atoms with E-state index in [0.29, 0.717) is 18.0 Å². The lowest BCUT2D eigenvalue weighted by molar-refractivity contribution is 0.222. The van der Waals surface area contributed by atoms with Gasteiger partial charge in [0.05, 0.1) is 12.1 Å². The third-order valence-corrected chi connectivity index (χ3v) is 3.17. The number of aromatic nitrogens is 1. The number of hydrogen-bond donors (Lipinski definition) is 1. The van der Waals surface area contributed by atoms with E-state index in [-0.39, 0.29) is 18.6 Å². The molecule has 3 rings (SSSR count). The van der Waals surface area contributed by atoms with Gasteiger partial charge in [-0.25, -0.2) is 9.78 Å². The summed E-state index contributed by atoms with van der Waals surface area (Å²) in [5.41, 5.74) is 2.47. The minimum atomic E-state index is -0.208. The van der Waals surface area contributed by atoms with Gasteiger partial charge in [0, 0.05) is 13.5 Å². The average molecular weight is 256 g/mol. The molecule has 1 aliphatic heterocycles. The van der Waals surface area contributed by atoms with Crippen LogP contribution >= 0.6 is 0 Å². The van der Waals surface area contributed by atoms with Crippen LogP contribution in [0.15, 0.2) is 22.6 Å². The summed E-state index contributed by atoms with van der Waals surface area (Å²) in [6.45, 7) is 2.39. The van der Waals surface area contributed by atoms with Crippen LogP contribution in [-0.4, -0.2) is 29.0 Å². The minimum absolute atomic E-state index is 0.103. The molecule has 0 spiro atoms. The first-order valence-corrected chi connectivity index (χ1v) is 5.97. The molecular weight excluding hydrogens is 244 g/mol. The van der Waals surface area contributed by atoms with Gasteiger partial charge in [-0.3, -0.25) is 0 Å². The third-order valence-electron chi connectivity index (χ3n) is 3.17. The molecule has 96 valence electrons. The van der Waals surface area contributed by atoms with E-state index in [1.165, 1.54) is 4.90 Å². The van der Waals surface area contributed by atoms with Gasteiger partial charge in [0.1, 0.15) is 12.1 Å². The van der Waals surface area contributed by atoms with E-state index in [2.05, 4.69) is 10.3 Å². The van der Waals surface area contributed by atoms with Crippen molar-refractivity contribution >= 4 is 17.1 Å².